The molecule has 1 aromatic carbocycles. The van der Waals surface area contributed by atoms with Crippen LogP contribution in [0, 0.1) is 13.8 Å². The molecule has 0 aliphatic carbocycles. The number of rotatable bonds is 0. The van der Waals surface area contributed by atoms with E-state index in [0.717, 1.165) is 0 Å². The third-order valence-corrected chi connectivity index (χ3v) is 1.49. The molecule has 1 N–H and O–H groups in total. The van der Waals surface area contributed by atoms with Gasteiger partial charge in [0.15, 0.2) is 0 Å². The van der Waals surface area contributed by atoms with Gasteiger partial charge in [-0.15, -0.1) is 5.75 Å². The molecule has 1 rings (SSSR count). The molecule has 0 spiro atoms. The van der Waals surface area contributed by atoms with Crippen molar-refractivity contribution < 1.29 is 10.2 Å². The molecule has 0 fully saturated rings. The van der Waals surface area contributed by atoms with E-state index in [9.17, 15) is 5.11 Å². The van der Waals surface area contributed by atoms with Crippen LogP contribution in [0.2, 0.25) is 0 Å². The highest BCUT2D eigenvalue weighted by Crippen LogP contribution is 2.23. The van der Waals surface area contributed by atoms with Gasteiger partial charge < -0.3 is 10.2 Å². The van der Waals surface area contributed by atoms with Crippen LogP contribution in [0.15, 0.2) is 12.1 Å². The van der Waals surface area contributed by atoms with Crippen LogP contribution in [0.5, 0.6) is 11.5 Å². The summed E-state index contributed by atoms with van der Waals surface area (Å²) in [4.78, 5) is 0. The first-order chi connectivity index (χ1) is 4.61. The van der Waals surface area contributed by atoms with Gasteiger partial charge in [0, 0.05) is 0 Å². The largest absolute Gasteiger partial charge is 0.872 e. The number of aromatic hydroxyl groups is 1. The molecule has 0 saturated carbocycles. The van der Waals surface area contributed by atoms with Crippen LogP contribution in [0.1, 0.15) is 11.1 Å². The van der Waals surface area contributed by atoms with Crippen molar-refractivity contribution in [2.75, 3.05) is 0 Å². The molecule has 0 atom stereocenters. The van der Waals surface area contributed by atoms with Gasteiger partial charge in [-0.05, 0) is 25.5 Å². The van der Waals surface area contributed by atoms with Crippen molar-refractivity contribution in [2.45, 2.75) is 13.8 Å². The van der Waals surface area contributed by atoms with E-state index >= 15 is 0 Å². The zero-order valence-electron chi connectivity index (χ0n) is 6.01. The monoisotopic (exact) mass is 137 g/mol. The minimum absolute atomic E-state index is 0.0182. The van der Waals surface area contributed by atoms with Gasteiger partial charge in [0.1, 0.15) is 5.75 Å². The van der Waals surface area contributed by atoms with E-state index in [0.29, 0.717) is 11.1 Å². The summed E-state index contributed by atoms with van der Waals surface area (Å²) < 4.78 is 0. The summed E-state index contributed by atoms with van der Waals surface area (Å²) in [5, 5.41) is 20.0. The Labute approximate surface area is 59.7 Å². The molecule has 0 amide bonds. The van der Waals surface area contributed by atoms with Crippen molar-refractivity contribution in [2.24, 2.45) is 0 Å². The van der Waals surface area contributed by atoms with Crippen LogP contribution in [0.4, 0.5) is 0 Å². The van der Waals surface area contributed by atoms with E-state index in [2.05, 4.69) is 0 Å². The lowest BCUT2D eigenvalue weighted by atomic mass is 10.1. The van der Waals surface area contributed by atoms with Crippen LogP contribution >= 0.6 is 0 Å². The Morgan fingerprint density at radius 2 is 1.80 bits per heavy atom. The van der Waals surface area contributed by atoms with Crippen LogP contribution in [0.3, 0.4) is 0 Å². The van der Waals surface area contributed by atoms with Crippen molar-refractivity contribution in [3.63, 3.8) is 0 Å². The zero-order chi connectivity index (χ0) is 7.72. The first-order valence-electron chi connectivity index (χ1n) is 3.08. The van der Waals surface area contributed by atoms with E-state index in [1.54, 1.807) is 13.8 Å². The summed E-state index contributed by atoms with van der Waals surface area (Å²) >= 11 is 0. The van der Waals surface area contributed by atoms with Gasteiger partial charge in [-0.2, -0.15) is 0 Å². The van der Waals surface area contributed by atoms with Gasteiger partial charge in [-0.1, -0.05) is 11.6 Å². The number of phenols is 1. The van der Waals surface area contributed by atoms with Gasteiger partial charge in [0.25, 0.3) is 0 Å². The topological polar surface area (TPSA) is 43.3 Å². The minimum atomic E-state index is -0.0182. The number of phenolic OH excluding ortho intramolecular Hbond substituents is 1. The van der Waals surface area contributed by atoms with Crippen molar-refractivity contribution in [3.8, 4) is 11.5 Å². The van der Waals surface area contributed by atoms with Crippen molar-refractivity contribution in [1.29, 1.82) is 0 Å². The molecule has 0 aliphatic heterocycles. The summed E-state index contributed by atoms with van der Waals surface area (Å²) in [5.74, 6) is 0.174. The second-order valence-corrected chi connectivity index (χ2v) is 2.40. The van der Waals surface area contributed by atoms with Crippen LogP contribution in [0.25, 0.3) is 0 Å². The lowest BCUT2D eigenvalue weighted by molar-refractivity contribution is -0.269. The van der Waals surface area contributed by atoms with E-state index in [1.807, 2.05) is 0 Å². The van der Waals surface area contributed by atoms with E-state index < -0.39 is 0 Å². The Morgan fingerprint density at radius 1 is 1.20 bits per heavy atom. The fourth-order valence-electron chi connectivity index (χ4n) is 0.774. The maximum atomic E-state index is 10.9. The molecule has 1 aromatic rings. The first-order valence-corrected chi connectivity index (χ1v) is 3.08. The summed E-state index contributed by atoms with van der Waals surface area (Å²) in [6.07, 6.45) is 0. The molecule has 0 saturated heterocycles. The molecule has 0 unspecified atom stereocenters. The average molecular weight is 137 g/mol. The van der Waals surface area contributed by atoms with E-state index in [-0.39, 0.29) is 11.5 Å². The predicted octanol–water partition coefficient (Wildman–Crippen LogP) is 1.08. The molecule has 0 aliphatic rings. The third kappa shape index (κ3) is 1.05. The quantitative estimate of drug-likeness (QED) is 0.581. The van der Waals surface area contributed by atoms with Crippen molar-refractivity contribution in [3.05, 3.63) is 23.3 Å². The average Bonchev–Trinajstić information content (AvgIpc) is 1.84. The standard InChI is InChI=1S/C8H10O2/c1-5-3-8(10)6(2)4-7(5)9/h3-4,9-10H,1-2H3/p-1. The van der Waals surface area contributed by atoms with E-state index in [4.69, 9.17) is 5.11 Å². The molecule has 0 radical (unpaired) electrons. The smallest absolute Gasteiger partial charge is 0.118 e. The summed E-state index contributed by atoms with van der Waals surface area (Å²) in [6.45, 7) is 3.39. The Morgan fingerprint density at radius 3 is 2.30 bits per heavy atom. The molecular weight excluding hydrogens is 128 g/mol. The van der Waals surface area contributed by atoms with E-state index in [1.165, 1.54) is 12.1 Å². The van der Waals surface area contributed by atoms with Gasteiger partial charge in [0.2, 0.25) is 0 Å². The minimum Gasteiger partial charge on any atom is -0.872 e. The predicted molar refractivity (Wildman–Crippen MR) is 37.0 cm³/mol. The second-order valence-electron chi connectivity index (χ2n) is 2.40. The maximum Gasteiger partial charge on any atom is 0.118 e. The Bertz CT molecular complexity index is 203. The van der Waals surface area contributed by atoms with Crippen molar-refractivity contribution >= 4 is 0 Å². The molecular formula is C8H9O2-. The third-order valence-electron chi connectivity index (χ3n) is 1.49. The fourth-order valence-corrected chi connectivity index (χ4v) is 0.774. The molecule has 2 nitrogen and oxygen atoms in total. The summed E-state index contributed by atoms with van der Waals surface area (Å²) in [6, 6.07) is 2.92. The number of hydrogen-bond donors (Lipinski definition) is 1. The molecule has 10 heavy (non-hydrogen) atoms. The molecule has 0 aromatic heterocycles. The first kappa shape index (κ1) is 6.93. The van der Waals surface area contributed by atoms with Gasteiger partial charge >= 0.3 is 0 Å². The Balaban J connectivity index is 3.28. The molecule has 54 valence electrons. The van der Waals surface area contributed by atoms with Gasteiger partial charge in [-0.25, -0.2) is 0 Å². The Hall–Kier alpha value is -1.18. The van der Waals surface area contributed by atoms with Crippen LogP contribution < -0.4 is 5.11 Å². The SMILES string of the molecule is Cc1cc(O)c(C)cc1[O-]. The van der Waals surface area contributed by atoms with Crippen LogP contribution in [-0.4, -0.2) is 5.11 Å². The van der Waals surface area contributed by atoms with Gasteiger partial charge in [-0.3, -0.25) is 0 Å². The van der Waals surface area contributed by atoms with Crippen molar-refractivity contribution in [1.82, 2.24) is 0 Å². The fraction of sp³-hybridized carbons (Fsp3) is 0.250. The second kappa shape index (κ2) is 2.21. The number of hydrogen-bond acceptors (Lipinski definition) is 2. The summed E-state index contributed by atoms with van der Waals surface area (Å²) in [7, 11) is 0. The number of benzene rings is 1. The van der Waals surface area contributed by atoms with Gasteiger partial charge in [0.05, 0.1) is 0 Å². The molecule has 0 bridgehead atoms. The lowest BCUT2D eigenvalue weighted by Crippen LogP contribution is -1.93. The van der Waals surface area contributed by atoms with Crippen LogP contribution in [-0.2, 0) is 0 Å². The highest BCUT2D eigenvalue weighted by Gasteiger charge is 1.94. The molecule has 2 heteroatoms. The highest BCUT2D eigenvalue weighted by atomic mass is 16.3. The maximum absolute atomic E-state index is 10.9. The Kier molecular flexibility index (Phi) is 1.53. The lowest BCUT2D eigenvalue weighted by Gasteiger charge is -2.11. The normalized spacial score (nSPS) is 9.80. The number of aryl methyl sites for hydroxylation is 2. The summed E-state index contributed by atoms with van der Waals surface area (Å²) in [5.41, 5.74) is 1.22. The zero-order valence-corrected chi connectivity index (χ0v) is 6.01. The molecule has 0 heterocycles. The highest BCUT2D eigenvalue weighted by molar-refractivity contribution is 5.42.